The first kappa shape index (κ1) is 13.1. The van der Waals surface area contributed by atoms with Crippen molar-refractivity contribution < 1.29 is 0 Å². The molecule has 0 saturated heterocycles. The second-order valence-electron chi connectivity index (χ2n) is 4.61. The van der Waals surface area contributed by atoms with Gasteiger partial charge in [0.2, 0.25) is 0 Å². The Morgan fingerprint density at radius 2 is 1.64 bits per heavy atom. The monoisotopic (exact) mass is 190 g/mol. The van der Waals surface area contributed by atoms with Gasteiger partial charge < -0.3 is 0 Å². The van der Waals surface area contributed by atoms with E-state index < -0.39 is 0 Å². The summed E-state index contributed by atoms with van der Waals surface area (Å²) in [6.45, 7) is 8.52. The van der Waals surface area contributed by atoms with E-state index in [9.17, 15) is 0 Å². The van der Waals surface area contributed by atoms with Gasteiger partial charge in [0, 0.05) is 11.8 Å². The van der Waals surface area contributed by atoms with Crippen LogP contribution in [0.4, 0.5) is 0 Å². The van der Waals surface area contributed by atoms with Crippen LogP contribution in [0.2, 0.25) is 0 Å². The summed E-state index contributed by atoms with van der Waals surface area (Å²) in [5.41, 5.74) is 0.0802. The number of hydrogen-bond acceptors (Lipinski definition) is 0. The molecule has 0 unspecified atom stereocenters. The Balaban J connectivity index is 3.57. The third-order valence-electron chi connectivity index (χ3n) is 1.74. The molecule has 0 N–H and O–H groups in total. The molecule has 0 aliphatic rings. The quantitative estimate of drug-likeness (QED) is 0.464. The van der Waals surface area contributed by atoms with Crippen molar-refractivity contribution in [2.24, 2.45) is 5.41 Å². The summed E-state index contributed by atoms with van der Waals surface area (Å²) in [6, 6.07) is 0. The molecule has 78 valence electrons. The molecule has 0 aromatic carbocycles. The van der Waals surface area contributed by atoms with Crippen molar-refractivity contribution in [2.45, 2.75) is 59.8 Å². The molecule has 0 fully saturated rings. The fraction of sp³-hybridized carbons (Fsp3) is 0.714. The third kappa shape index (κ3) is 11.1. The smallest absolute Gasteiger partial charge is 0.0240 e. The minimum absolute atomic E-state index is 0.0802. The molecule has 0 spiro atoms. The van der Waals surface area contributed by atoms with Crippen LogP contribution < -0.4 is 0 Å². The van der Waals surface area contributed by atoms with E-state index in [1.807, 2.05) is 0 Å². The molecule has 0 heteroatoms. The number of unbranched alkanes of at least 4 members (excludes halogenated alkanes) is 4. The molecule has 0 saturated carbocycles. The van der Waals surface area contributed by atoms with Crippen LogP contribution in [0.15, 0.2) is 0 Å². The van der Waals surface area contributed by atoms with Crippen molar-refractivity contribution in [1.29, 1.82) is 0 Å². The molecule has 0 aliphatic carbocycles. The van der Waals surface area contributed by atoms with Gasteiger partial charge in [0.15, 0.2) is 0 Å². The standard InChI is InChI=1S/C14H22/c1-5-6-7-8-9-10-11-12-13-14(2,3)4/h5-9H2,1-4H3. The van der Waals surface area contributed by atoms with Crippen LogP contribution in [0, 0.1) is 29.1 Å². The van der Waals surface area contributed by atoms with Gasteiger partial charge in [0.1, 0.15) is 0 Å². The predicted octanol–water partition coefficient (Wildman–Crippen LogP) is 4.01. The van der Waals surface area contributed by atoms with E-state index in [1.165, 1.54) is 25.7 Å². The Labute approximate surface area is 89.5 Å². The largest absolute Gasteiger partial charge is 0.0891 e. The number of hydrogen-bond donors (Lipinski definition) is 0. The molecule has 0 nitrogen and oxygen atoms in total. The highest BCUT2D eigenvalue weighted by molar-refractivity contribution is 5.27. The van der Waals surface area contributed by atoms with Crippen LogP contribution in [-0.2, 0) is 0 Å². The van der Waals surface area contributed by atoms with Gasteiger partial charge in [-0.1, -0.05) is 38.0 Å². The van der Waals surface area contributed by atoms with Crippen LogP contribution in [-0.4, -0.2) is 0 Å². The van der Waals surface area contributed by atoms with Crippen LogP contribution in [0.3, 0.4) is 0 Å². The Morgan fingerprint density at radius 3 is 2.21 bits per heavy atom. The normalized spacial score (nSPS) is 9.71. The summed E-state index contributed by atoms with van der Waals surface area (Å²) in [4.78, 5) is 0. The summed E-state index contributed by atoms with van der Waals surface area (Å²) in [6.07, 6.45) is 6.14. The lowest BCUT2D eigenvalue weighted by Gasteiger charge is -2.05. The zero-order valence-corrected chi connectivity index (χ0v) is 10.0. The Kier molecular flexibility index (Phi) is 7.04. The predicted molar refractivity (Wildman–Crippen MR) is 63.8 cm³/mol. The Morgan fingerprint density at radius 1 is 0.929 bits per heavy atom. The summed E-state index contributed by atoms with van der Waals surface area (Å²) >= 11 is 0. The fourth-order valence-electron chi connectivity index (χ4n) is 0.966. The first-order valence-electron chi connectivity index (χ1n) is 5.56. The van der Waals surface area contributed by atoms with Crippen molar-refractivity contribution in [1.82, 2.24) is 0 Å². The van der Waals surface area contributed by atoms with Crippen LogP contribution in [0.25, 0.3) is 0 Å². The lowest BCUT2D eigenvalue weighted by atomic mass is 9.98. The topological polar surface area (TPSA) is 0 Å². The first-order chi connectivity index (χ1) is 6.56. The molecule has 0 radical (unpaired) electrons. The van der Waals surface area contributed by atoms with Gasteiger partial charge in [-0.2, -0.15) is 0 Å². The molecule has 0 heterocycles. The highest BCUT2D eigenvalue weighted by atomic mass is 14.0. The van der Waals surface area contributed by atoms with Crippen molar-refractivity contribution in [3.8, 4) is 23.7 Å². The molecule has 0 atom stereocenters. The molecule has 0 amide bonds. The van der Waals surface area contributed by atoms with Gasteiger partial charge in [-0.15, -0.1) is 0 Å². The van der Waals surface area contributed by atoms with E-state index in [0.29, 0.717) is 0 Å². The van der Waals surface area contributed by atoms with E-state index in [4.69, 9.17) is 0 Å². The second kappa shape index (κ2) is 7.52. The van der Waals surface area contributed by atoms with Crippen molar-refractivity contribution in [3.63, 3.8) is 0 Å². The molecule has 0 rings (SSSR count). The fourth-order valence-corrected chi connectivity index (χ4v) is 0.966. The van der Waals surface area contributed by atoms with Gasteiger partial charge in [-0.25, -0.2) is 0 Å². The SMILES string of the molecule is CCCCCCC#CC#CC(C)(C)C. The molecular weight excluding hydrogens is 168 g/mol. The first-order valence-corrected chi connectivity index (χ1v) is 5.56. The zero-order chi connectivity index (χ0) is 10.9. The lowest BCUT2D eigenvalue weighted by Crippen LogP contribution is -1.98. The lowest BCUT2D eigenvalue weighted by molar-refractivity contribution is 0.571. The summed E-state index contributed by atoms with van der Waals surface area (Å²) in [5, 5.41) is 0. The summed E-state index contributed by atoms with van der Waals surface area (Å²) < 4.78 is 0. The maximum atomic E-state index is 3.10. The van der Waals surface area contributed by atoms with Crippen LogP contribution >= 0.6 is 0 Å². The van der Waals surface area contributed by atoms with E-state index in [-0.39, 0.29) is 5.41 Å². The van der Waals surface area contributed by atoms with Gasteiger partial charge in [0.05, 0.1) is 0 Å². The van der Waals surface area contributed by atoms with E-state index >= 15 is 0 Å². The second-order valence-corrected chi connectivity index (χ2v) is 4.61. The molecule has 0 aliphatic heterocycles. The maximum Gasteiger partial charge on any atom is 0.0240 e. The highest BCUT2D eigenvalue weighted by Gasteiger charge is 2.02. The Hall–Kier alpha value is -0.880. The summed E-state index contributed by atoms with van der Waals surface area (Å²) in [7, 11) is 0. The molecule has 14 heavy (non-hydrogen) atoms. The van der Waals surface area contributed by atoms with Crippen molar-refractivity contribution >= 4 is 0 Å². The highest BCUT2D eigenvalue weighted by Crippen LogP contribution is 2.09. The molecule has 0 aromatic rings. The zero-order valence-electron chi connectivity index (χ0n) is 10.0. The average molecular weight is 190 g/mol. The average Bonchev–Trinajstić information content (AvgIpc) is 2.08. The van der Waals surface area contributed by atoms with E-state index in [1.54, 1.807) is 0 Å². The molecular formula is C14H22. The maximum absolute atomic E-state index is 3.10. The van der Waals surface area contributed by atoms with E-state index in [0.717, 1.165) is 6.42 Å². The van der Waals surface area contributed by atoms with Crippen molar-refractivity contribution in [3.05, 3.63) is 0 Å². The van der Waals surface area contributed by atoms with Gasteiger partial charge in [-0.3, -0.25) is 0 Å². The molecule has 0 bridgehead atoms. The minimum atomic E-state index is 0.0802. The van der Waals surface area contributed by atoms with Gasteiger partial charge >= 0.3 is 0 Å². The number of rotatable bonds is 4. The molecule has 0 aromatic heterocycles. The van der Waals surface area contributed by atoms with Gasteiger partial charge in [-0.05, 0) is 39.0 Å². The van der Waals surface area contributed by atoms with Crippen LogP contribution in [0.5, 0.6) is 0 Å². The van der Waals surface area contributed by atoms with Crippen LogP contribution in [0.1, 0.15) is 59.8 Å². The Bertz CT molecular complexity index is 244. The van der Waals surface area contributed by atoms with Gasteiger partial charge in [0.25, 0.3) is 0 Å². The minimum Gasteiger partial charge on any atom is -0.0891 e. The van der Waals surface area contributed by atoms with Crippen molar-refractivity contribution in [2.75, 3.05) is 0 Å². The third-order valence-corrected chi connectivity index (χ3v) is 1.74. The summed E-state index contributed by atoms with van der Waals surface area (Å²) in [5.74, 6) is 12.0. The van der Waals surface area contributed by atoms with E-state index in [2.05, 4.69) is 51.4 Å².